The van der Waals surface area contributed by atoms with E-state index in [1.54, 1.807) is 42.5 Å². The van der Waals surface area contributed by atoms with Gasteiger partial charge in [0.2, 0.25) is 11.8 Å². The van der Waals surface area contributed by atoms with Crippen LogP contribution < -0.4 is 14.4 Å². The molecular weight excluding hydrogens is 645 g/mol. The molecule has 0 heterocycles. The minimum absolute atomic E-state index is 0.000443. The van der Waals surface area contributed by atoms with Crippen molar-refractivity contribution >= 4 is 50.7 Å². The van der Waals surface area contributed by atoms with Crippen molar-refractivity contribution in [2.75, 3.05) is 18.0 Å². The molecular formula is C35H37Cl2N3O5S. The van der Waals surface area contributed by atoms with E-state index in [4.69, 9.17) is 27.9 Å². The Morgan fingerprint density at radius 1 is 0.870 bits per heavy atom. The van der Waals surface area contributed by atoms with E-state index in [-0.39, 0.29) is 40.5 Å². The van der Waals surface area contributed by atoms with Crippen LogP contribution in [-0.2, 0) is 32.6 Å². The molecule has 0 bridgehead atoms. The van der Waals surface area contributed by atoms with Crippen LogP contribution in [0.4, 0.5) is 5.69 Å². The lowest BCUT2D eigenvalue weighted by molar-refractivity contribution is -0.140. The predicted molar refractivity (Wildman–Crippen MR) is 183 cm³/mol. The van der Waals surface area contributed by atoms with E-state index in [9.17, 15) is 18.0 Å². The number of amides is 2. The Bertz CT molecular complexity index is 1750. The Balaban J connectivity index is 1.82. The number of hydrogen-bond acceptors (Lipinski definition) is 5. The Kier molecular flexibility index (Phi) is 11.7. The maximum absolute atomic E-state index is 14.5. The zero-order valence-corrected chi connectivity index (χ0v) is 28.4. The topological polar surface area (TPSA) is 96.0 Å². The Morgan fingerprint density at radius 3 is 2.11 bits per heavy atom. The fraction of sp³-hybridized carbons (Fsp3) is 0.257. The van der Waals surface area contributed by atoms with Gasteiger partial charge in [0.1, 0.15) is 18.3 Å². The van der Waals surface area contributed by atoms with Gasteiger partial charge in [-0.1, -0.05) is 83.4 Å². The third-order valence-electron chi connectivity index (χ3n) is 7.28. The summed E-state index contributed by atoms with van der Waals surface area (Å²) >= 11 is 12.6. The van der Waals surface area contributed by atoms with Crippen LogP contribution in [0.1, 0.15) is 30.5 Å². The number of halogens is 2. The lowest BCUT2D eigenvalue weighted by Crippen LogP contribution is -2.54. The largest absolute Gasteiger partial charge is 0.495 e. The quantitative estimate of drug-likeness (QED) is 0.170. The van der Waals surface area contributed by atoms with Gasteiger partial charge < -0.3 is 15.0 Å². The van der Waals surface area contributed by atoms with Crippen LogP contribution in [0.25, 0.3) is 0 Å². The highest BCUT2D eigenvalue weighted by atomic mass is 35.5. The molecule has 8 nitrogen and oxygen atoms in total. The minimum Gasteiger partial charge on any atom is -0.495 e. The van der Waals surface area contributed by atoms with Crippen LogP contribution in [0.3, 0.4) is 0 Å². The molecule has 0 unspecified atom stereocenters. The summed E-state index contributed by atoms with van der Waals surface area (Å²) in [6.45, 7) is 4.95. The number of sulfonamides is 1. The smallest absolute Gasteiger partial charge is 0.264 e. The van der Waals surface area contributed by atoms with Crippen molar-refractivity contribution < 1.29 is 22.7 Å². The average Bonchev–Trinajstić information content (AvgIpc) is 3.02. The van der Waals surface area contributed by atoms with Gasteiger partial charge in [-0.2, -0.15) is 0 Å². The lowest BCUT2D eigenvalue weighted by atomic mass is 10.0. The number of carbonyl (C=O) groups excluding carboxylic acids is 2. The lowest BCUT2D eigenvalue weighted by Gasteiger charge is -2.34. The highest BCUT2D eigenvalue weighted by Gasteiger charge is 2.35. The number of rotatable bonds is 13. The SMILES string of the molecule is COc1ccc(N(CC(=O)N(Cc2ccc(Cl)cc2)[C@@H](Cc2ccccc2)C(=O)NC(C)C)S(=O)(=O)c2ccc(C)cc2)cc1Cl. The molecule has 0 saturated carbocycles. The third kappa shape index (κ3) is 8.81. The second-order valence-electron chi connectivity index (χ2n) is 11.2. The number of ether oxygens (including phenoxy) is 1. The van der Waals surface area contributed by atoms with Gasteiger partial charge in [0.05, 0.1) is 22.7 Å². The van der Waals surface area contributed by atoms with Gasteiger partial charge >= 0.3 is 0 Å². The molecule has 0 aromatic heterocycles. The number of nitrogens with zero attached hydrogens (tertiary/aromatic N) is 2. The molecule has 4 aromatic rings. The summed E-state index contributed by atoms with van der Waals surface area (Å²) in [6, 6.07) is 26.0. The first-order valence-corrected chi connectivity index (χ1v) is 16.9. The number of hydrogen-bond donors (Lipinski definition) is 1. The van der Waals surface area contributed by atoms with Gasteiger partial charge in [-0.3, -0.25) is 13.9 Å². The first-order valence-electron chi connectivity index (χ1n) is 14.7. The number of methoxy groups -OCH3 is 1. The Morgan fingerprint density at radius 2 is 1.52 bits per heavy atom. The molecule has 0 saturated heterocycles. The number of aryl methyl sites for hydroxylation is 1. The number of nitrogens with one attached hydrogen (secondary N) is 1. The van der Waals surface area contributed by atoms with Gasteiger partial charge in [-0.25, -0.2) is 8.42 Å². The molecule has 0 aliphatic carbocycles. The molecule has 46 heavy (non-hydrogen) atoms. The molecule has 0 aliphatic rings. The van der Waals surface area contributed by atoms with E-state index < -0.39 is 28.5 Å². The molecule has 11 heteroatoms. The number of benzene rings is 4. The minimum atomic E-state index is -4.27. The summed E-state index contributed by atoms with van der Waals surface area (Å²) in [7, 11) is -2.82. The third-order valence-corrected chi connectivity index (χ3v) is 9.61. The number of carbonyl (C=O) groups is 2. The highest BCUT2D eigenvalue weighted by Crippen LogP contribution is 2.32. The molecule has 1 N–H and O–H groups in total. The van der Waals surface area contributed by atoms with E-state index in [0.717, 1.165) is 15.4 Å². The van der Waals surface area contributed by atoms with E-state index in [0.29, 0.717) is 16.3 Å². The second-order valence-corrected chi connectivity index (χ2v) is 13.9. The molecule has 1 atom stereocenters. The maximum Gasteiger partial charge on any atom is 0.264 e. The number of anilines is 1. The molecule has 0 spiro atoms. The van der Waals surface area contributed by atoms with Crippen molar-refractivity contribution in [3.05, 3.63) is 124 Å². The van der Waals surface area contributed by atoms with Gasteiger partial charge in [0.25, 0.3) is 10.0 Å². The monoisotopic (exact) mass is 681 g/mol. The summed E-state index contributed by atoms with van der Waals surface area (Å²) in [4.78, 5) is 29.7. The summed E-state index contributed by atoms with van der Waals surface area (Å²) in [5, 5.41) is 3.64. The molecule has 4 rings (SSSR count). The van der Waals surface area contributed by atoms with Crippen LogP contribution in [0.5, 0.6) is 5.75 Å². The standard InChI is InChI=1S/C35H37Cl2N3O5S/c1-24(2)38-35(42)32(20-26-8-6-5-7-9-26)39(22-27-12-14-28(36)15-13-27)34(41)23-40(29-16-19-33(45-4)31(37)21-29)46(43,44)30-17-10-25(3)11-18-30/h5-19,21,24,32H,20,22-23H2,1-4H3,(H,38,42)/t32-/m0/s1. The molecule has 0 aliphatic heterocycles. The summed E-state index contributed by atoms with van der Waals surface area (Å²) in [5.74, 6) is -0.596. The Hall–Kier alpha value is -4.05. The van der Waals surface area contributed by atoms with E-state index in [1.807, 2.05) is 51.1 Å². The summed E-state index contributed by atoms with van der Waals surface area (Å²) in [5.41, 5.74) is 2.60. The second kappa shape index (κ2) is 15.5. The van der Waals surface area contributed by atoms with Crippen LogP contribution >= 0.6 is 23.2 Å². The zero-order chi connectivity index (χ0) is 33.4. The fourth-order valence-corrected chi connectivity index (χ4v) is 6.68. The van der Waals surface area contributed by atoms with E-state index >= 15 is 0 Å². The summed E-state index contributed by atoms with van der Waals surface area (Å²) in [6.07, 6.45) is 0.206. The van der Waals surface area contributed by atoms with Crippen molar-refractivity contribution in [1.29, 1.82) is 0 Å². The van der Waals surface area contributed by atoms with Gasteiger partial charge in [-0.15, -0.1) is 0 Å². The fourth-order valence-electron chi connectivity index (χ4n) is 4.90. The van der Waals surface area contributed by atoms with Crippen LogP contribution in [0.2, 0.25) is 10.0 Å². The Labute approximate surface area is 280 Å². The van der Waals surface area contributed by atoms with Crippen molar-refractivity contribution in [1.82, 2.24) is 10.2 Å². The van der Waals surface area contributed by atoms with Gasteiger partial charge in [-0.05, 0) is 74.4 Å². The molecule has 4 aromatic carbocycles. The molecule has 0 fully saturated rings. The first-order chi connectivity index (χ1) is 21.9. The average molecular weight is 683 g/mol. The zero-order valence-electron chi connectivity index (χ0n) is 26.1. The van der Waals surface area contributed by atoms with Gasteiger partial charge in [0, 0.05) is 24.0 Å². The highest BCUT2D eigenvalue weighted by molar-refractivity contribution is 7.92. The van der Waals surface area contributed by atoms with Crippen LogP contribution in [0, 0.1) is 6.92 Å². The van der Waals surface area contributed by atoms with Crippen molar-refractivity contribution in [2.45, 2.75) is 50.7 Å². The summed E-state index contributed by atoms with van der Waals surface area (Å²) < 4.78 is 34.7. The van der Waals surface area contributed by atoms with Crippen molar-refractivity contribution in [3.63, 3.8) is 0 Å². The molecule has 0 radical (unpaired) electrons. The first kappa shape index (κ1) is 34.8. The normalized spacial score (nSPS) is 12.0. The predicted octanol–water partition coefficient (Wildman–Crippen LogP) is 6.67. The maximum atomic E-state index is 14.5. The van der Waals surface area contributed by atoms with E-state index in [2.05, 4.69) is 5.32 Å². The van der Waals surface area contributed by atoms with Gasteiger partial charge in [0.15, 0.2) is 0 Å². The molecule has 242 valence electrons. The molecule has 2 amide bonds. The van der Waals surface area contributed by atoms with Crippen LogP contribution in [0.15, 0.2) is 102 Å². The van der Waals surface area contributed by atoms with Crippen molar-refractivity contribution in [2.24, 2.45) is 0 Å². The van der Waals surface area contributed by atoms with E-state index in [1.165, 1.54) is 36.3 Å². The van der Waals surface area contributed by atoms with Crippen molar-refractivity contribution in [3.8, 4) is 5.75 Å². The van der Waals surface area contributed by atoms with Crippen LogP contribution in [-0.4, -0.2) is 50.9 Å².